The highest BCUT2D eigenvalue weighted by atomic mass is 32.2. The molecule has 32 heavy (non-hydrogen) atoms. The number of rotatable bonds is 8. The summed E-state index contributed by atoms with van der Waals surface area (Å²) in [7, 11) is 0. The Bertz CT molecular complexity index is 1100. The fraction of sp³-hybridized carbons (Fsp3) is 0.222. The Labute approximate surface area is 199 Å². The Morgan fingerprint density at radius 1 is 0.844 bits per heavy atom. The van der Waals surface area contributed by atoms with E-state index < -0.39 is 0 Å². The molecule has 0 unspecified atom stereocenters. The summed E-state index contributed by atoms with van der Waals surface area (Å²) in [6.07, 6.45) is 13.0. The molecular weight excluding hydrogens is 432 g/mol. The van der Waals surface area contributed by atoms with E-state index in [4.69, 9.17) is 0 Å². The lowest BCUT2D eigenvalue weighted by Gasteiger charge is -2.17. The van der Waals surface area contributed by atoms with Gasteiger partial charge in [0.25, 0.3) is 0 Å². The lowest BCUT2D eigenvalue weighted by Crippen LogP contribution is -2.16. The fourth-order valence-corrected chi connectivity index (χ4v) is 6.13. The number of aldehydes is 1. The molecular formula is C27H28N2OS2. The van der Waals surface area contributed by atoms with Crippen molar-refractivity contribution in [3.05, 3.63) is 94.5 Å². The molecule has 0 saturated carbocycles. The Balaban J connectivity index is 1.36. The number of anilines is 2. The lowest BCUT2D eigenvalue weighted by atomic mass is 10.1. The van der Waals surface area contributed by atoms with Gasteiger partial charge in [-0.3, -0.25) is 4.79 Å². The van der Waals surface area contributed by atoms with Crippen molar-refractivity contribution >= 4 is 41.2 Å². The Hall–Kier alpha value is -2.63. The van der Waals surface area contributed by atoms with E-state index >= 15 is 0 Å². The van der Waals surface area contributed by atoms with E-state index in [9.17, 15) is 4.79 Å². The van der Waals surface area contributed by atoms with Crippen LogP contribution in [0.25, 0.3) is 0 Å². The second-order valence-corrected chi connectivity index (χ2v) is 9.59. The molecule has 2 aromatic carbocycles. The highest BCUT2D eigenvalue weighted by Gasteiger charge is 2.23. The van der Waals surface area contributed by atoms with Crippen LogP contribution in [0, 0.1) is 0 Å². The van der Waals surface area contributed by atoms with E-state index in [2.05, 4.69) is 96.5 Å². The van der Waals surface area contributed by atoms with Crippen LogP contribution in [-0.4, -0.2) is 19.4 Å². The van der Waals surface area contributed by atoms with Crippen molar-refractivity contribution in [2.45, 2.75) is 36.5 Å². The quantitative estimate of drug-likeness (QED) is 0.302. The van der Waals surface area contributed by atoms with Crippen LogP contribution in [0.4, 0.5) is 11.4 Å². The van der Waals surface area contributed by atoms with Gasteiger partial charge in [0.1, 0.15) is 6.29 Å². The third-order valence-electron chi connectivity index (χ3n) is 5.47. The van der Waals surface area contributed by atoms with Crippen molar-refractivity contribution < 1.29 is 4.79 Å². The lowest BCUT2D eigenvalue weighted by molar-refractivity contribution is -0.105. The van der Waals surface area contributed by atoms with Crippen molar-refractivity contribution in [1.29, 1.82) is 0 Å². The Morgan fingerprint density at radius 3 is 1.97 bits per heavy atom. The van der Waals surface area contributed by atoms with Crippen molar-refractivity contribution in [2.75, 3.05) is 22.9 Å². The first-order valence-electron chi connectivity index (χ1n) is 11.1. The molecule has 0 saturated heterocycles. The van der Waals surface area contributed by atoms with Gasteiger partial charge in [0.15, 0.2) is 0 Å². The van der Waals surface area contributed by atoms with E-state index in [1.165, 1.54) is 31.2 Å². The van der Waals surface area contributed by atoms with E-state index in [-0.39, 0.29) is 0 Å². The van der Waals surface area contributed by atoms with Crippen molar-refractivity contribution in [2.24, 2.45) is 0 Å². The number of allylic oxidation sites excluding steroid dienone is 6. The van der Waals surface area contributed by atoms with Crippen LogP contribution in [0.15, 0.2) is 104 Å². The normalized spacial score (nSPS) is 18.1. The SMILES string of the molecule is CCN1C(=C/C=C(\C=O)CCC=C/C=C2\Sc3ccccc3N2CC)Sc2ccccc21. The number of para-hydroxylation sites is 2. The predicted octanol–water partition coefficient (Wildman–Crippen LogP) is 7.40. The first-order chi connectivity index (χ1) is 15.7. The molecule has 0 radical (unpaired) electrons. The standard InChI is InChI=1S/C27H28N2OS2/c1-3-28-22-13-8-10-15-24(22)31-26(28)17-7-5-6-12-21(20-30)18-19-27-29(4-2)23-14-9-11-16-25(23)32-27/h5,7-11,13-20H,3-4,6,12H2,1-2H3/b7-5?,21-18-,26-17-,27-19?. The van der Waals surface area contributed by atoms with E-state index in [1.54, 1.807) is 11.8 Å². The summed E-state index contributed by atoms with van der Waals surface area (Å²) in [6.45, 7) is 6.19. The minimum Gasteiger partial charge on any atom is -0.335 e. The minimum absolute atomic E-state index is 0.738. The van der Waals surface area contributed by atoms with Crippen LogP contribution < -0.4 is 9.80 Å². The number of nitrogens with zero attached hydrogens (tertiary/aromatic N) is 2. The molecule has 0 amide bonds. The zero-order valence-electron chi connectivity index (χ0n) is 18.5. The monoisotopic (exact) mass is 460 g/mol. The van der Waals surface area contributed by atoms with E-state index in [0.29, 0.717) is 0 Å². The van der Waals surface area contributed by atoms with Crippen LogP contribution in [0.5, 0.6) is 0 Å². The van der Waals surface area contributed by atoms with Gasteiger partial charge in [-0.1, -0.05) is 66.0 Å². The first-order valence-corrected chi connectivity index (χ1v) is 12.7. The van der Waals surface area contributed by atoms with E-state index in [1.807, 2.05) is 17.8 Å². The molecule has 0 fully saturated rings. The van der Waals surface area contributed by atoms with Crippen LogP contribution in [0.2, 0.25) is 0 Å². The third kappa shape index (κ3) is 4.89. The average Bonchev–Trinajstić information content (AvgIpc) is 3.37. The van der Waals surface area contributed by atoms with Crippen LogP contribution in [0.1, 0.15) is 26.7 Å². The largest absolute Gasteiger partial charge is 0.335 e. The summed E-state index contributed by atoms with van der Waals surface area (Å²) in [5.74, 6) is 0. The second kappa shape index (κ2) is 10.8. The molecule has 0 aliphatic carbocycles. The smallest absolute Gasteiger partial charge is 0.146 e. The summed E-state index contributed by atoms with van der Waals surface area (Å²) in [5.41, 5.74) is 3.35. The Morgan fingerprint density at radius 2 is 1.41 bits per heavy atom. The summed E-state index contributed by atoms with van der Waals surface area (Å²) < 4.78 is 0. The zero-order chi connectivity index (χ0) is 22.3. The number of thioether (sulfide) groups is 2. The highest BCUT2D eigenvalue weighted by Crippen LogP contribution is 2.46. The number of hydrogen-bond donors (Lipinski definition) is 0. The van der Waals surface area contributed by atoms with Crippen LogP contribution >= 0.6 is 23.5 Å². The van der Waals surface area contributed by atoms with Gasteiger partial charge in [-0.05, 0) is 68.7 Å². The topological polar surface area (TPSA) is 23.6 Å². The number of carbonyl (C=O) groups is 1. The molecule has 2 aliphatic rings. The molecule has 0 bridgehead atoms. The summed E-state index contributed by atoms with van der Waals surface area (Å²) in [4.78, 5) is 18.8. The molecule has 0 spiro atoms. The van der Waals surface area contributed by atoms with Gasteiger partial charge in [0, 0.05) is 22.9 Å². The fourth-order valence-electron chi connectivity index (χ4n) is 3.86. The predicted molar refractivity (Wildman–Crippen MR) is 139 cm³/mol. The summed E-state index contributed by atoms with van der Waals surface area (Å²) in [6, 6.07) is 17.0. The molecule has 164 valence electrons. The van der Waals surface area contributed by atoms with Gasteiger partial charge in [-0.25, -0.2) is 0 Å². The molecule has 2 aromatic rings. The molecule has 2 aliphatic heterocycles. The number of carbonyl (C=O) groups excluding carboxylic acids is 1. The first kappa shape index (κ1) is 22.6. The molecule has 3 nitrogen and oxygen atoms in total. The van der Waals surface area contributed by atoms with Crippen LogP contribution in [-0.2, 0) is 4.79 Å². The maximum atomic E-state index is 11.6. The summed E-state index contributed by atoms with van der Waals surface area (Å²) in [5, 5.41) is 2.42. The molecule has 0 aromatic heterocycles. The maximum absolute atomic E-state index is 11.6. The van der Waals surface area contributed by atoms with Gasteiger partial charge >= 0.3 is 0 Å². The van der Waals surface area contributed by atoms with Crippen molar-refractivity contribution in [1.82, 2.24) is 0 Å². The summed E-state index contributed by atoms with van der Waals surface area (Å²) >= 11 is 3.57. The van der Waals surface area contributed by atoms with Gasteiger partial charge in [-0.15, -0.1) is 0 Å². The van der Waals surface area contributed by atoms with E-state index in [0.717, 1.165) is 37.8 Å². The third-order valence-corrected chi connectivity index (χ3v) is 7.73. The highest BCUT2D eigenvalue weighted by molar-refractivity contribution is 8.04. The van der Waals surface area contributed by atoms with Gasteiger partial charge in [0.05, 0.1) is 21.4 Å². The molecule has 5 heteroatoms. The average molecular weight is 461 g/mol. The molecule has 0 atom stereocenters. The van der Waals surface area contributed by atoms with Crippen molar-refractivity contribution in [3.8, 4) is 0 Å². The van der Waals surface area contributed by atoms with Crippen molar-refractivity contribution in [3.63, 3.8) is 0 Å². The van der Waals surface area contributed by atoms with Gasteiger partial charge in [-0.2, -0.15) is 0 Å². The number of fused-ring (bicyclic) bond motifs is 2. The second-order valence-electron chi connectivity index (χ2n) is 7.46. The molecule has 4 rings (SSSR count). The minimum atomic E-state index is 0.738. The van der Waals surface area contributed by atoms with Crippen LogP contribution in [0.3, 0.4) is 0 Å². The molecule has 0 N–H and O–H groups in total. The maximum Gasteiger partial charge on any atom is 0.146 e. The Kier molecular flexibility index (Phi) is 7.61. The molecule has 2 heterocycles. The number of benzene rings is 2. The zero-order valence-corrected chi connectivity index (χ0v) is 20.2. The van der Waals surface area contributed by atoms with Gasteiger partial charge < -0.3 is 9.80 Å². The number of hydrogen-bond acceptors (Lipinski definition) is 5. The van der Waals surface area contributed by atoms with Gasteiger partial charge in [0.2, 0.25) is 0 Å².